The molecule has 2 unspecified atom stereocenters. The Morgan fingerprint density at radius 3 is 2.19 bits per heavy atom. The number of halogens is 3. The highest BCUT2D eigenvalue weighted by molar-refractivity contribution is 5.94. The molecule has 2 heterocycles. The number of amides is 1. The lowest BCUT2D eigenvalue weighted by molar-refractivity contribution is 0.0680. The van der Waals surface area contributed by atoms with Crippen LogP contribution >= 0.6 is 12.4 Å². The van der Waals surface area contributed by atoms with Crippen molar-refractivity contribution in [2.75, 3.05) is 7.05 Å². The zero-order valence-corrected chi connectivity index (χ0v) is 12.6. The number of fused-ring (bicyclic) bond motifs is 2. The highest BCUT2D eigenvalue weighted by atomic mass is 35.5. The molecule has 2 bridgehead atoms. The van der Waals surface area contributed by atoms with Crippen LogP contribution in [-0.4, -0.2) is 36.0 Å². The smallest absolute Gasteiger partial charge is 0.254 e. The lowest BCUT2D eigenvalue weighted by Gasteiger charge is -2.35. The second-order valence-electron chi connectivity index (χ2n) is 5.84. The van der Waals surface area contributed by atoms with Crippen molar-refractivity contribution in [1.82, 2.24) is 10.2 Å². The van der Waals surface area contributed by atoms with Gasteiger partial charge in [-0.1, -0.05) is 0 Å². The average molecular weight is 317 g/mol. The highest BCUT2D eigenvalue weighted by Gasteiger charge is 2.36. The van der Waals surface area contributed by atoms with Crippen molar-refractivity contribution in [3.05, 3.63) is 35.4 Å². The minimum Gasteiger partial charge on any atom is -0.339 e. The fourth-order valence-corrected chi connectivity index (χ4v) is 3.39. The Bertz CT molecular complexity index is 508. The van der Waals surface area contributed by atoms with Crippen molar-refractivity contribution in [3.8, 4) is 0 Å². The van der Waals surface area contributed by atoms with E-state index in [4.69, 9.17) is 0 Å². The minimum absolute atomic E-state index is 0. The molecule has 1 N–H and O–H groups in total. The monoisotopic (exact) mass is 316 g/mol. The third-order valence-electron chi connectivity index (χ3n) is 4.43. The molecule has 1 aromatic rings. The molecule has 2 saturated heterocycles. The van der Waals surface area contributed by atoms with Gasteiger partial charge in [0, 0.05) is 36.8 Å². The lowest BCUT2D eigenvalue weighted by atomic mass is 9.98. The van der Waals surface area contributed by atoms with Crippen molar-refractivity contribution in [2.45, 2.75) is 43.8 Å². The molecule has 0 aromatic heterocycles. The zero-order valence-electron chi connectivity index (χ0n) is 11.8. The summed E-state index contributed by atoms with van der Waals surface area (Å²) in [5.74, 6) is -1.74. The second-order valence-corrected chi connectivity index (χ2v) is 5.84. The predicted octanol–water partition coefficient (Wildman–Crippen LogP) is 2.74. The number of benzene rings is 1. The van der Waals surface area contributed by atoms with E-state index >= 15 is 0 Å². The summed E-state index contributed by atoms with van der Waals surface area (Å²) in [6.45, 7) is 0. The third kappa shape index (κ3) is 3.35. The Morgan fingerprint density at radius 2 is 1.67 bits per heavy atom. The van der Waals surface area contributed by atoms with Crippen molar-refractivity contribution in [3.63, 3.8) is 0 Å². The van der Waals surface area contributed by atoms with Crippen LogP contribution in [0.5, 0.6) is 0 Å². The Labute approximate surface area is 129 Å². The molecule has 1 amide bonds. The van der Waals surface area contributed by atoms with Gasteiger partial charge in [-0.3, -0.25) is 4.79 Å². The maximum atomic E-state index is 13.2. The molecule has 6 heteroatoms. The summed E-state index contributed by atoms with van der Waals surface area (Å²) in [7, 11) is 1.72. The molecule has 0 saturated carbocycles. The van der Waals surface area contributed by atoms with E-state index in [1.807, 2.05) is 0 Å². The van der Waals surface area contributed by atoms with Gasteiger partial charge in [-0.25, -0.2) is 8.78 Å². The number of rotatable bonds is 2. The first-order chi connectivity index (χ1) is 9.52. The molecule has 0 radical (unpaired) electrons. The van der Waals surface area contributed by atoms with Crippen molar-refractivity contribution in [1.29, 1.82) is 0 Å². The standard InChI is InChI=1S/C15H18F2N2O.ClH/c1-19(14-7-12-2-3-13(8-14)18-12)15(20)9-4-10(16)6-11(17)5-9;/h4-6,12-14,18H,2-3,7-8H2,1H3;1H. The molecule has 2 aliphatic heterocycles. The van der Waals surface area contributed by atoms with Gasteiger partial charge < -0.3 is 10.2 Å². The van der Waals surface area contributed by atoms with Crippen molar-refractivity contribution >= 4 is 18.3 Å². The fourth-order valence-electron chi connectivity index (χ4n) is 3.39. The van der Waals surface area contributed by atoms with Gasteiger partial charge in [-0.2, -0.15) is 0 Å². The van der Waals surface area contributed by atoms with Gasteiger partial charge in [0.25, 0.3) is 5.91 Å². The Kier molecular flexibility index (Phi) is 4.84. The first kappa shape index (κ1) is 16.2. The van der Waals surface area contributed by atoms with Crippen molar-refractivity contribution < 1.29 is 13.6 Å². The van der Waals surface area contributed by atoms with Gasteiger partial charge >= 0.3 is 0 Å². The molecule has 0 spiro atoms. The molecule has 2 fully saturated rings. The van der Waals surface area contributed by atoms with Crippen LogP contribution in [-0.2, 0) is 0 Å². The number of nitrogens with zero attached hydrogens (tertiary/aromatic N) is 1. The first-order valence-corrected chi connectivity index (χ1v) is 7.02. The van der Waals surface area contributed by atoms with E-state index in [-0.39, 0.29) is 29.9 Å². The average Bonchev–Trinajstić information content (AvgIpc) is 2.74. The van der Waals surface area contributed by atoms with E-state index in [1.54, 1.807) is 11.9 Å². The normalized spacial score (nSPS) is 27.1. The molecule has 1 aromatic carbocycles. The van der Waals surface area contributed by atoms with Gasteiger partial charge in [-0.15, -0.1) is 12.4 Å². The largest absolute Gasteiger partial charge is 0.339 e. The van der Waals surface area contributed by atoms with Crippen LogP contribution in [0.4, 0.5) is 8.78 Å². The van der Waals surface area contributed by atoms with Crippen LogP contribution < -0.4 is 5.32 Å². The maximum Gasteiger partial charge on any atom is 0.254 e. The van der Waals surface area contributed by atoms with Crippen LogP contribution in [0.2, 0.25) is 0 Å². The van der Waals surface area contributed by atoms with Gasteiger partial charge in [0.2, 0.25) is 0 Å². The molecule has 3 nitrogen and oxygen atoms in total. The topological polar surface area (TPSA) is 32.3 Å². The summed E-state index contributed by atoms with van der Waals surface area (Å²) in [5.41, 5.74) is 0.0795. The quantitative estimate of drug-likeness (QED) is 0.910. The Hall–Kier alpha value is -1.20. The van der Waals surface area contributed by atoms with E-state index in [2.05, 4.69) is 5.32 Å². The second kappa shape index (κ2) is 6.28. The van der Waals surface area contributed by atoms with Crippen LogP contribution in [0.3, 0.4) is 0 Å². The number of piperidine rings is 1. The summed E-state index contributed by atoms with van der Waals surface area (Å²) in [4.78, 5) is 14.0. The van der Waals surface area contributed by atoms with Gasteiger partial charge in [0.1, 0.15) is 11.6 Å². The highest BCUT2D eigenvalue weighted by Crippen LogP contribution is 2.29. The molecule has 2 aliphatic rings. The third-order valence-corrected chi connectivity index (χ3v) is 4.43. The lowest BCUT2D eigenvalue weighted by Crippen LogP contribution is -2.48. The SMILES string of the molecule is CN(C(=O)c1cc(F)cc(F)c1)C1CC2CCC(C1)N2.Cl. The predicted molar refractivity (Wildman–Crippen MR) is 78.7 cm³/mol. The molecule has 3 rings (SSSR count). The molecular weight excluding hydrogens is 298 g/mol. The number of hydrogen-bond donors (Lipinski definition) is 1. The number of carbonyl (C=O) groups excluding carboxylic acids is 1. The van der Waals surface area contributed by atoms with Gasteiger partial charge in [0.05, 0.1) is 0 Å². The van der Waals surface area contributed by atoms with Crippen LogP contribution in [0.15, 0.2) is 18.2 Å². The van der Waals surface area contributed by atoms with E-state index in [0.29, 0.717) is 12.1 Å². The molecular formula is C15H19ClF2N2O. The minimum atomic E-state index is -0.716. The van der Waals surface area contributed by atoms with E-state index < -0.39 is 11.6 Å². The van der Waals surface area contributed by atoms with Crippen LogP contribution in [0.25, 0.3) is 0 Å². The van der Waals surface area contributed by atoms with Gasteiger partial charge in [0.15, 0.2) is 0 Å². The Morgan fingerprint density at radius 1 is 1.14 bits per heavy atom. The van der Waals surface area contributed by atoms with E-state index in [1.165, 1.54) is 0 Å². The molecule has 0 aliphatic carbocycles. The number of carbonyl (C=O) groups is 1. The van der Waals surface area contributed by atoms with Crippen LogP contribution in [0, 0.1) is 11.6 Å². The van der Waals surface area contributed by atoms with E-state index in [0.717, 1.165) is 43.9 Å². The number of hydrogen-bond acceptors (Lipinski definition) is 2. The summed E-state index contributed by atoms with van der Waals surface area (Å²) < 4.78 is 26.4. The summed E-state index contributed by atoms with van der Waals surface area (Å²) in [5, 5.41) is 3.51. The zero-order chi connectivity index (χ0) is 14.3. The van der Waals surface area contributed by atoms with E-state index in [9.17, 15) is 13.6 Å². The summed E-state index contributed by atoms with van der Waals surface area (Å²) >= 11 is 0. The van der Waals surface area contributed by atoms with Crippen molar-refractivity contribution in [2.24, 2.45) is 0 Å². The maximum absolute atomic E-state index is 13.2. The molecule has 2 atom stereocenters. The molecule has 21 heavy (non-hydrogen) atoms. The van der Waals surface area contributed by atoms with Gasteiger partial charge in [-0.05, 0) is 37.8 Å². The number of nitrogens with one attached hydrogen (secondary N) is 1. The Balaban J connectivity index is 0.00000161. The van der Waals surface area contributed by atoms with Crippen LogP contribution in [0.1, 0.15) is 36.0 Å². The fraction of sp³-hybridized carbons (Fsp3) is 0.533. The summed E-state index contributed by atoms with van der Waals surface area (Å²) in [6.07, 6.45) is 4.13. The molecule has 116 valence electrons. The summed E-state index contributed by atoms with van der Waals surface area (Å²) in [6, 6.07) is 4.06. The first-order valence-electron chi connectivity index (χ1n) is 7.02.